The minimum absolute atomic E-state index is 0.0462. The second kappa shape index (κ2) is 7.60. The Morgan fingerprint density at radius 3 is 2.71 bits per heavy atom. The summed E-state index contributed by atoms with van der Waals surface area (Å²) in [7, 11) is 0. The van der Waals surface area contributed by atoms with Gasteiger partial charge < -0.3 is 5.32 Å². The van der Waals surface area contributed by atoms with Crippen LogP contribution in [0, 0.1) is 6.92 Å². The van der Waals surface area contributed by atoms with Crippen LogP contribution >= 0.6 is 0 Å². The molecule has 0 bridgehead atoms. The van der Waals surface area contributed by atoms with E-state index in [4.69, 9.17) is 0 Å². The number of hydrogen-bond donors (Lipinski definition) is 1. The minimum Gasteiger partial charge on any atom is -0.349 e. The van der Waals surface area contributed by atoms with Gasteiger partial charge in [-0.3, -0.25) is 14.8 Å². The van der Waals surface area contributed by atoms with E-state index in [-0.39, 0.29) is 18.4 Å². The number of aromatic nitrogens is 4. The van der Waals surface area contributed by atoms with Gasteiger partial charge in [-0.1, -0.05) is 30.3 Å². The lowest BCUT2D eigenvalue weighted by molar-refractivity contribution is -0.121. The van der Waals surface area contributed by atoms with Crippen LogP contribution in [0.2, 0.25) is 0 Å². The fraction of sp³-hybridized carbons (Fsp3) is 0.182. The van der Waals surface area contributed by atoms with Crippen molar-refractivity contribution in [3.63, 3.8) is 0 Å². The molecule has 1 amide bonds. The van der Waals surface area contributed by atoms with Crippen molar-refractivity contribution in [2.24, 2.45) is 0 Å². The van der Waals surface area contributed by atoms with Crippen molar-refractivity contribution in [1.29, 1.82) is 0 Å². The summed E-state index contributed by atoms with van der Waals surface area (Å²) in [6, 6.07) is 15.7. The Morgan fingerprint density at radius 2 is 1.93 bits per heavy atom. The van der Waals surface area contributed by atoms with Crippen molar-refractivity contribution in [3.8, 4) is 5.69 Å². The summed E-state index contributed by atoms with van der Waals surface area (Å²) < 4.78 is 1.83. The molecule has 28 heavy (non-hydrogen) atoms. The molecule has 1 atom stereocenters. The number of benzene rings is 1. The van der Waals surface area contributed by atoms with Crippen LogP contribution in [0.1, 0.15) is 29.9 Å². The van der Waals surface area contributed by atoms with Crippen LogP contribution in [0.15, 0.2) is 67.1 Å². The van der Waals surface area contributed by atoms with E-state index >= 15 is 0 Å². The van der Waals surface area contributed by atoms with E-state index in [1.807, 2.05) is 67.1 Å². The molecule has 3 heterocycles. The fourth-order valence-electron chi connectivity index (χ4n) is 3.22. The Bertz CT molecular complexity index is 1120. The molecule has 0 saturated carbocycles. The first kappa shape index (κ1) is 17.9. The zero-order chi connectivity index (χ0) is 19.5. The molecular weight excluding hydrogens is 350 g/mol. The lowest BCUT2D eigenvalue weighted by atomic mass is 10.1. The molecule has 4 aromatic rings. The Morgan fingerprint density at radius 1 is 1.11 bits per heavy atom. The van der Waals surface area contributed by atoms with Crippen LogP contribution in [-0.4, -0.2) is 25.7 Å². The first-order valence-electron chi connectivity index (χ1n) is 9.20. The molecular formula is C22H21N5O. The molecule has 0 fully saturated rings. The number of nitrogens with zero attached hydrogens (tertiary/aromatic N) is 4. The maximum absolute atomic E-state index is 12.4. The molecule has 4 rings (SSSR count). The molecule has 1 N–H and O–H groups in total. The van der Waals surface area contributed by atoms with E-state index in [0.29, 0.717) is 0 Å². The van der Waals surface area contributed by atoms with Gasteiger partial charge in [0, 0.05) is 17.3 Å². The van der Waals surface area contributed by atoms with E-state index in [9.17, 15) is 4.79 Å². The third-order valence-electron chi connectivity index (χ3n) is 4.65. The number of amides is 1. The quantitative estimate of drug-likeness (QED) is 0.582. The monoisotopic (exact) mass is 371 g/mol. The van der Waals surface area contributed by atoms with Crippen LogP contribution in [0.4, 0.5) is 0 Å². The van der Waals surface area contributed by atoms with E-state index in [1.165, 1.54) is 0 Å². The Balaban J connectivity index is 1.50. The highest BCUT2D eigenvalue weighted by Crippen LogP contribution is 2.19. The second-order valence-electron chi connectivity index (χ2n) is 6.82. The zero-order valence-corrected chi connectivity index (χ0v) is 15.8. The average molecular weight is 371 g/mol. The van der Waals surface area contributed by atoms with E-state index in [2.05, 4.69) is 20.4 Å². The molecule has 0 aliphatic carbocycles. The van der Waals surface area contributed by atoms with Crippen molar-refractivity contribution < 1.29 is 4.79 Å². The molecule has 3 aromatic heterocycles. The number of nitrogens with one attached hydrogen (secondary N) is 1. The van der Waals surface area contributed by atoms with Crippen LogP contribution in [-0.2, 0) is 11.2 Å². The van der Waals surface area contributed by atoms with Crippen LogP contribution in [0.3, 0.4) is 0 Å². The van der Waals surface area contributed by atoms with Gasteiger partial charge in [0.1, 0.15) is 0 Å². The molecule has 140 valence electrons. The lowest BCUT2D eigenvalue weighted by Gasteiger charge is -2.14. The van der Waals surface area contributed by atoms with Gasteiger partial charge in [0.05, 0.1) is 41.8 Å². The fourth-order valence-corrected chi connectivity index (χ4v) is 3.22. The van der Waals surface area contributed by atoms with Crippen LogP contribution in [0.5, 0.6) is 0 Å². The number of fused-ring (bicyclic) bond motifs is 1. The topological polar surface area (TPSA) is 72.7 Å². The molecule has 6 heteroatoms. The number of aryl methyl sites for hydroxylation is 1. The minimum atomic E-state index is -0.0552. The summed E-state index contributed by atoms with van der Waals surface area (Å²) >= 11 is 0. The van der Waals surface area contributed by atoms with Crippen LogP contribution < -0.4 is 5.32 Å². The number of rotatable bonds is 5. The third-order valence-corrected chi connectivity index (χ3v) is 4.65. The highest BCUT2D eigenvalue weighted by atomic mass is 16.1. The van der Waals surface area contributed by atoms with Gasteiger partial charge in [-0.05, 0) is 37.6 Å². The summed E-state index contributed by atoms with van der Waals surface area (Å²) in [6.07, 6.45) is 5.55. The number of carbonyl (C=O) groups is 1. The first-order chi connectivity index (χ1) is 13.6. The summed E-state index contributed by atoms with van der Waals surface area (Å²) in [5.41, 5.74) is 4.55. The van der Waals surface area contributed by atoms with Gasteiger partial charge in [-0.25, -0.2) is 4.68 Å². The molecule has 1 aromatic carbocycles. The van der Waals surface area contributed by atoms with Crippen molar-refractivity contribution in [2.75, 3.05) is 0 Å². The van der Waals surface area contributed by atoms with Crippen molar-refractivity contribution in [2.45, 2.75) is 26.3 Å². The highest BCUT2D eigenvalue weighted by Gasteiger charge is 2.12. The zero-order valence-electron chi connectivity index (χ0n) is 15.8. The maximum Gasteiger partial charge on any atom is 0.226 e. The summed E-state index contributed by atoms with van der Waals surface area (Å²) in [6.45, 7) is 3.92. The molecule has 0 radical (unpaired) electrons. The molecule has 0 unspecified atom stereocenters. The highest BCUT2D eigenvalue weighted by molar-refractivity contribution is 5.83. The second-order valence-corrected chi connectivity index (χ2v) is 6.82. The number of pyridine rings is 2. The normalized spacial score (nSPS) is 12.1. The SMILES string of the molecule is Cc1cc(-n2ncc3cc(CC(=O)N[C@H](C)c4ccccc4)ncc32)ccn1. The predicted molar refractivity (Wildman–Crippen MR) is 108 cm³/mol. The van der Waals surface area contributed by atoms with Crippen molar-refractivity contribution in [1.82, 2.24) is 25.1 Å². The number of hydrogen-bond acceptors (Lipinski definition) is 4. The largest absolute Gasteiger partial charge is 0.349 e. The molecule has 6 nitrogen and oxygen atoms in total. The lowest BCUT2D eigenvalue weighted by Crippen LogP contribution is -2.28. The first-order valence-corrected chi connectivity index (χ1v) is 9.20. The van der Waals surface area contributed by atoms with E-state index < -0.39 is 0 Å². The predicted octanol–water partition coefficient (Wildman–Crippen LogP) is 3.54. The summed E-state index contributed by atoms with van der Waals surface area (Å²) in [5.74, 6) is -0.0552. The standard InChI is InChI=1S/C22H21N5O/c1-15-10-20(8-9-23-15)27-21-14-24-19(11-18(21)13-25-27)12-22(28)26-16(2)17-6-4-3-5-7-17/h3-11,13-14,16H,12H2,1-2H3,(H,26,28)/t16-/m1/s1. The third kappa shape index (κ3) is 3.76. The number of carbonyl (C=O) groups excluding carboxylic acids is 1. The molecule has 0 aliphatic rings. The summed E-state index contributed by atoms with van der Waals surface area (Å²) in [4.78, 5) is 21.1. The Kier molecular flexibility index (Phi) is 4.85. The average Bonchev–Trinajstić information content (AvgIpc) is 3.12. The Labute approximate surface area is 163 Å². The van der Waals surface area contributed by atoms with Gasteiger partial charge >= 0.3 is 0 Å². The van der Waals surface area contributed by atoms with Gasteiger partial charge in [0.2, 0.25) is 5.91 Å². The Hall–Kier alpha value is -3.54. The van der Waals surface area contributed by atoms with E-state index in [1.54, 1.807) is 18.6 Å². The van der Waals surface area contributed by atoms with Gasteiger partial charge in [-0.15, -0.1) is 0 Å². The van der Waals surface area contributed by atoms with Gasteiger partial charge in [-0.2, -0.15) is 5.10 Å². The van der Waals surface area contributed by atoms with Crippen molar-refractivity contribution in [3.05, 3.63) is 84.1 Å². The molecule has 0 aliphatic heterocycles. The maximum atomic E-state index is 12.4. The molecule has 0 saturated heterocycles. The van der Waals surface area contributed by atoms with Crippen molar-refractivity contribution >= 4 is 16.8 Å². The summed E-state index contributed by atoms with van der Waals surface area (Å²) in [5, 5.41) is 8.43. The van der Waals surface area contributed by atoms with Gasteiger partial charge in [0.25, 0.3) is 0 Å². The van der Waals surface area contributed by atoms with Crippen LogP contribution in [0.25, 0.3) is 16.6 Å². The van der Waals surface area contributed by atoms with Gasteiger partial charge in [0.15, 0.2) is 0 Å². The molecule has 0 spiro atoms. The smallest absolute Gasteiger partial charge is 0.226 e. The van der Waals surface area contributed by atoms with E-state index in [0.717, 1.165) is 33.5 Å².